The van der Waals surface area contributed by atoms with Crippen LogP contribution in [0.1, 0.15) is 13.8 Å². The first-order chi connectivity index (χ1) is 32.0. The second-order valence-corrected chi connectivity index (χ2v) is 15.3. The summed E-state index contributed by atoms with van der Waals surface area (Å²) in [6.45, 7) is 4.00. The number of aromatic nitrogens is 12. The normalized spacial score (nSPS) is 11.1. The fourth-order valence-electron chi connectivity index (χ4n) is 8.04. The summed E-state index contributed by atoms with van der Waals surface area (Å²) in [6.07, 6.45) is 18.3. The van der Waals surface area contributed by atoms with Gasteiger partial charge in [0.1, 0.15) is 0 Å². The number of hydrogen-bond donors (Lipinski definition) is 4. The van der Waals surface area contributed by atoms with E-state index < -0.39 is 0 Å². The van der Waals surface area contributed by atoms with Crippen molar-refractivity contribution < 1.29 is 0 Å². The minimum atomic E-state index is 0.679. The quantitative estimate of drug-likeness (QED) is 0.122. The van der Waals surface area contributed by atoms with Crippen molar-refractivity contribution in [3.05, 3.63) is 165 Å². The Kier molecular flexibility index (Phi) is 10.8. The van der Waals surface area contributed by atoms with Crippen LogP contribution in [0.25, 0.3) is 111 Å². The molecular weight excluding hydrogens is 807 g/mol. The Balaban J connectivity index is 0.000000148. The number of rotatable bonds is 7. The van der Waals surface area contributed by atoms with E-state index in [0.717, 1.165) is 106 Å². The van der Waals surface area contributed by atoms with Crippen molar-refractivity contribution in [1.82, 2.24) is 60.3 Å². The van der Waals surface area contributed by atoms with Gasteiger partial charge in [-0.3, -0.25) is 30.1 Å². The van der Waals surface area contributed by atoms with Crippen LogP contribution in [0.4, 0.5) is 5.69 Å². The van der Waals surface area contributed by atoms with Crippen LogP contribution in [0.15, 0.2) is 165 Å². The van der Waals surface area contributed by atoms with Gasteiger partial charge in [0.15, 0.2) is 11.3 Å². The predicted octanol–water partition coefficient (Wildman–Crippen LogP) is 11.6. The molecule has 0 fully saturated rings. The minimum Gasteiger partial charge on any atom is -0.376 e. The van der Waals surface area contributed by atoms with Crippen molar-refractivity contribution in [2.24, 2.45) is 0 Å². The number of H-pyrrole nitrogens is 4. The minimum absolute atomic E-state index is 0.679. The van der Waals surface area contributed by atoms with E-state index in [9.17, 15) is 0 Å². The van der Waals surface area contributed by atoms with E-state index in [-0.39, 0.29) is 0 Å². The lowest BCUT2D eigenvalue weighted by molar-refractivity contribution is 1.10. The summed E-state index contributed by atoms with van der Waals surface area (Å²) in [5.41, 5.74) is 16.9. The summed E-state index contributed by atoms with van der Waals surface area (Å²) in [5.74, 6) is 0. The number of nitrogens with one attached hydrogen (secondary N) is 4. The van der Waals surface area contributed by atoms with Crippen molar-refractivity contribution in [3.8, 4) is 67.3 Å². The molecule has 65 heavy (non-hydrogen) atoms. The SMILES string of the molecule is CC.CN(C)c1cncc(-c2cnc3n[nH]c(-c4cc5c(-c6ccncc6)cccc5[nH]4)c3c2)c1.c1cncc(-c2cnc3n[nH]c(-c4cc5c(-c6ccncc6)cccc5[nH]4)c3c2)c1. The lowest BCUT2D eigenvalue weighted by Gasteiger charge is -2.12. The molecule has 0 aliphatic rings. The summed E-state index contributed by atoms with van der Waals surface area (Å²) in [6, 6.07) is 35.3. The smallest absolute Gasteiger partial charge is 0.181 e. The highest BCUT2D eigenvalue weighted by molar-refractivity contribution is 6.02. The van der Waals surface area contributed by atoms with Crippen molar-refractivity contribution >= 4 is 49.6 Å². The average Bonchev–Trinajstić information content (AvgIpc) is 4.20. The van der Waals surface area contributed by atoms with Gasteiger partial charge in [-0.2, -0.15) is 10.2 Å². The standard InChI is InChI=1S/C26H21N7.C24H16N6.C2H6/c1-33(2)19-10-17(13-28-15-19)18-11-22-25(31-32-26(22)29-14-18)24-12-21-20(4-3-5-23(21)30-24)16-6-8-27-9-7-16;1-4-18(15-6-9-25-10-7-15)19-12-22(28-21(19)5-1)23-20-11-17(14-27-24(20)30-29-23)16-3-2-8-26-13-16;1-2/h3-15,30H,1-2H3,(H,29,31,32);1-14,28H,(H,27,29,30);1-2H3. The van der Waals surface area contributed by atoms with E-state index in [1.807, 2.05) is 125 Å². The Labute approximate surface area is 373 Å². The number of nitrogens with zero attached hydrogens (tertiary/aromatic N) is 9. The predicted molar refractivity (Wildman–Crippen MR) is 261 cm³/mol. The third-order valence-electron chi connectivity index (χ3n) is 11.2. The number of aromatic amines is 4. The Morgan fingerprint density at radius 1 is 0.415 bits per heavy atom. The third-order valence-corrected chi connectivity index (χ3v) is 11.2. The molecule has 0 aliphatic carbocycles. The van der Waals surface area contributed by atoms with Crippen LogP contribution in [0.5, 0.6) is 0 Å². The second-order valence-electron chi connectivity index (χ2n) is 15.3. The van der Waals surface area contributed by atoms with E-state index in [1.165, 1.54) is 0 Å². The first-order valence-electron chi connectivity index (χ1n) is 21.3. The van der Waals surface area contributed by atoms with Gasteiger partial charge in [0, 0.05) is 125 Å². The van der Waals surface area contributed by atoms with Gasteiger partial charge < -0.3 is 14.9 Å². The molecule has 316 valence electrons. The molecule has 0 atom stereocenters. The first kappa shape index (κ1) is 40.2. The molecule has 0 saturated carbocycles. The van der Waals surface area contributed by atoms with Crippen LogP contribution in [0, 0.1) is 0 Å². The summed E-state index contributed by atoms with van der Waals surface area (Å²) >= 11 is 0. The Bertz CT molecular complexity index is 3550. The molecule has 13 heteroatoms. The summed E-state index contributed by atoms with van der Waals surface area (Å²) in [5, 5.41) is 19.4. The molecular formula is C52H43N13. The fraction of sp³-hybridized carbons (Fsp3) is 0.0769. The van der Waals surface area contributed by atoms with Gasteiger partial charge in [-0.05, 0) is 95.1 Å². The number of anilines is 1. The van der Waals surface area contributed by atoms with E-state index in [0.29, 0.717) is 11.3 Å². The molecule has 0 unspecified atom stereocenters. The molecule has 10 aromatic heterocycles. The van der Waals surface area contributed by atoms with Crippen LogP contribution >= 0.6 is 0 Å². The molecule has 0 amide bonds. The maximum atomic E-state index is 4.59. The van der Waals surface area contributed by atoms with Crippen molar-refractivity contribution in [2.75, 3.05) is 19.0 Å². The highest BCUT2D eigenvalue weighted by atomic mass is 15.2. The van der Waals surface area contributed by atoms with Gasteiger partial charge in [0.05, 0.1) is 34.7 Å². The van der Waals surface area contributed by atoms with Gasteiger partial charge in [-0.15, -0.1) is 0 Å². The third kappa shape index (κ3) is 7.82. The van der Waals surface area contributed by atoms with Crippen LogP contribution in [0.3, 0.4) is 0 Å². The van der Waals surface area contributed by atoms with Crippen LogP contribution < -0.4 is 4.90 Å². The molecule has 13 nitrogen and oxygen atoms in total. The van der Waals surface area contributed by atoms with E-state index in [4.69, 9.17) is 0 Å². The molecule has 10 heterocycles. The van der Waals surface area contributed by atoms with Crippen molar-refractivity contribution in [1.29, 1.82) is 0 Å². The summed E-state index contributed by atoms with van der Waals surface area (Å²) in [4.78, 5) is 35.1. The maximum Gasteiger partial charge on any atom is 0.181 e. The Morgan fingerprint density at radius 3 is 1.43 bits per heavy atom. The Morgan fingerprint density at radius 2 is 0.923 bits per heavy atom. The van der Waals surface area contributed by atoms with Gasteiger partial charge >= 0.3 is 0 Å². The van der Waals surface area contributed by atoms with Gasteiger partial charge in [0.25, 0.3) is 0 Å². The second kappa shape index (κ2) is 17.5. The fourth-order valence-corrected chi connectivity index (χ4v) is 8.04. The number of fused-ring (bicyclic) bond motifs is 4. The zero-order valence-corrected chi connectivity index (χ0v) is 36.1. The average molecular weight is 850 g/mol. The van der Waals surface area contributed by atoms with Crippen LogP contribution in [-0.4, -0.2) is 74.4 Å². The van der Waals surface area contributed by atoms with Gasteiger partial charge in [0.2, 0.25) is 0 Å². The molecule has 0 spiro atoms. The lowest BCUT2D eigenvalue weighted by atomic mass is 10.0. The van der Waals surface area contributed by atoms with E-state index >= 15 is 0 Å². The zero-order valence-electron chi connectivity index (χ0n) is 36.1. The van der Waals surface area contributed by atoms with E-state index in [1.54, 1.807) is 6.20 Å². The monoisotopic (exact) mass is 849 g/mol. The Hall–Kier alpha value is -8.84. The van der Waals surface area contributed by atoms with Gasteiger partial charge in [-0.25, -0.2) is 9.97 Å². The zero-order chi connectivity index (χ0) is 44.3. The van der Waals surface area contributed by atoms with E-state index in [2.05, 4.69) is 127 Å². The number of hydrogen-bond acceptors (Lipinski definition) is 9. The molecule has 0 radical (unpaired) electrons. The molecule has 4 N–H and O–H groups in total. The maximum absolute atomic E-state index is 4.59. The topological polar surface area (TPSA) is 170 Å². The van der Waals surface area contributed by atoms with Crippen molar-refractivity contribution in [2.45, 2.75) is 13.8 Å². The summed E-state index contributed by atoms with van der Waals surface area (Å²) < 4.78 is 0. The number of pyridine rings is 6. The molecule has 0 bridgehead atoms. The van der Waals surface area contributed by atoms with Crippen molar-refractivity contribution in [3.63, 3.8) is 0 Å². The molecule has 0 aliphatic heterocycles. The molecule has 12 aromatic rings. The molecule has 12 rings (SSSR count). The first-order valence-corrected chi connectivity index (χ1v) is 21.3. The lowest BCUT2D eigenvalue weighted by Crippen LogP contribution is -2.08. The molecule has 2 aromatic carbocycles. The highest BCUT2D eigenvalue weighted by Crippen LogP contribution is 2.37. The van der Waals surface area contributed by atoms with Crippen LogP contribution in [-0.2, 0) is 0 Å². The molecule has 0 saturated heterocycles. The highest BCUT2D eigenvalue weighted by Gasteiger charge is 2.17. The van der Waals surface area contributed by atoms with Crippen LogP contribution in [0.2, 0.25) is 0 Å². The summed E-state index contributed by atoms with van der Waals surface area (Å²) in [7, 11) is 4.01. The van der Waals surface area contributed by atoms with Gasteiger partial charge in [-0.1, -0.05) is 44.2 Å². The number of benzene rings is 2. The largest absolute Gasteiger partial charge is 0.376 e.